The number of nitrogens with one attached hydrogen (secondary N) is 1. The van der Waals surface area contributed by atoms with E-state index in [1.54, 1.807) is 43.2 Å². The lowest BCUT2D eigenvalue weighted by molar-refractivity contribution is -0.0529. The van der Waals surface area contributed by atoms with Crippen molar-refractivity contribution < 1.29 is 41.0 Å². The highest BCUT2D eigenvalue weighted by Crippen LogP contribution is 2.50. The number of nitrogens with two attached hydrogens (primary N) is 1. The van der Waals surface area contributed by atoms with Gasteiger partial charge in [0, 0.05) is 24.7 Å². The molecule has 4 N–H and O–H groups in total. The molecule has 1 saturated heterocycles. The summed E-state index contributed by atoms with van der Waals surface area (Å²) in [5.74, 6) is -1.57. The van der Waals surface area contributed by atoms with Crippen molar-refractivity contribution in [3.8, 4) is 17.0 Å². The molecule has 3 aromatic heterocycles. The number of anilines is 2. The molecule has 0 aliphatic carbocycles. The van der Waals surface area contributed by atoms with Crippen LogP contribution in [0.1, 0.15) is 46.1 Å². The third-order valence-electron chi connectivity index (χ3n) is 8.13. The summed E-state index contributed by atoms with van der Waals surface area (Å²) in [5, 5.41) is 13.3. The summed E-state index contributed by atoms with van der Waals surface area (Å²) in [7, 11) is -2.35. The van der Waals surface area contributed by atoms with E-state index in [-0.39, 0.29) is 60.8 Å². The molecule has 0 bridgehead atoms. The molecular formula is C32H41F4N8O5P. The van der Waals surface area contributed by atoms with E-state index >= 15 is 4.39 Å². The third kappa shape index (κ3) is 8.18. The molecule has 1 fully saturated rings. The molecule has 5 rings (SSSR count). The molecule has 1 aromatic carbocycles. The van der Waals surface area contributed by atoms with Crippen LogP contribution in [-0.4, -0.2) is 86.4 Å². The second kappa shape index (κ2) is 15.2. The van der Waals surface area contributed by atoms with Crippen molar-refractivity contribution >= 4 is 30.3 Å². The summed E-state index contributed by atoms with van der Waals surface area (Å²) in [6.45, 7) is 7.35. The molecule has 1 aliphatic heterocycles. The van der Waals surface area contributed by atoms with Crippen molar-refractivity contribution in [2.24, 2.45) is 5.73 Å². The molecule has 18 heteroatoms. The van der Waals surface area contributed by atoms with Gasteiger partial charge in [0.1, 0.15) is 30.1 Å². The molecule has 0 spiro atoms. The van der Waals surface area contributed by atoms with Crippen molar-refractivity contribution in [3.05, 3.63) is 54.2 Å². The molecule has 272 valence electrons. The summed E-state index contributed by atoms with van der Waals surface area (Å²) in [6.07, 6.45) is -1.22. The fourth-order valence-corrected chi connectivity index (χ4v) is 7.79. The first kappa shape index (κ1) is 37.4. The number of fused-ring (bicyclic) bond motifs is 1. The minimum absolute atomic E-state index is 0.0644. The number of methoxy groups -OCH3 is 1. The van der Waals surface area contributed by atoms with Crippen LogP contribution >= 0.6 is 7.60 Å². The number of aromatic nitrogens is 5. The van der Waals surface area contributed by atoms with Crippen LogP contribution in [0.4, 0.5) is 29.1 Å². The van der Waals surface area contributed by atoms with Gasteiger partial charge in [-0.25, -0.2) is 32.5 Å². The number of aliphatic hydroxyl groups excluding tert-OH is 1. The Morgan fingerprint density at radius 2 is 1.78 bits per heavy atom. The van der Waals surface area contributed by atoms with Gasteiger partial charge in [0.05, 0.1) is 55.3 Å². The quantitative estimate of drug-likeness (QED) is 0.110. The number of hydrogen-bond acceptors (Lipinski definition) is 12. The lowest BCUT2D eigenvalue weighted by atomic mass is 9.84. The minimum atomic E-state index is -3.58. The molecule has 0 amide bonds. The molecule has 0 saturated carbocycles. The van der Waals surface area contributed by atoms with Crippen molar-refractivity contribution in [1.29, 1.82) is 0 Å². The Morgan fingerprint density at radius 1 is 1.06 bits per heavy atom. The standard InChI is InChI=1S/C32H41F4N8O5P/c1-18(2)48-50(46,49-19(3)4)17-42-30-27-31(40-15-39-30)44(16-41-27)13-20-9-24(21-10-23(34)26(47-5)11-22(21)33)38-12-25(20)43-8-6-7-32(37,14-43)28(45)29(35)36/h9-12,15-16,18-19,28-29,45H,6-8,13-14,17,37H2,1-5H3,(H,39,40,42)/t28-,32-/m1/s1. The fraction of sp³-hybridized carbons (Fsp3) is 0.500. The number of piperidine rings is 1. The average molecular weight is 725 g/mol. The van der Waals surface area contributed by atoms with Gasteiger partial charge in [-0.15, -0.1) is 0 Å². The molecule has 4 heterocycles. The molecular weight excluding hydrogens is 683 g/mol. The Labute approximate surface area is 286 Å². The Hall–Kier alpha value is -3.89. The Balaban J connectivity index is 1.53. The van der Waals surface area contributed by atoms with Gasteiger partial charge in [-0.3, -0.25) is 9.55 Å². The SMILES string of the molecule is COc1cc(F)c(-c2cc(Cn3cnc4c(NCP(=O)(OC(C)C)OC(C)C)ncnc43)c(N3CCC[C@](N)([C@H](O)C(F)F)C3)cn2)cc1F. The summed E-state index contributed by atoms with van der Waals surface area (Å²) in [4.78, 5) is 19.3. The van der Waals surface area contributed by atoms with Crippen LogP contribution in [0.15, 0.2) is 37.1 Å². The van der Waals surface area contributed by atoms with Crippen molar-refractivity contribution in [3.63, 3.8) is 0 Å². The van der Waals surface area contributed by atoms with E-state index in [0.29, 0.717) is 35.4 Å². The predicted molar refractivity (Wildman–Crippen MR) is 179 cm³/mol. The van der Waals surface area contributed by atoms with Gasteiger partial charge in [-0.05, 0) is 58.2 Å². The monoisotopic (exact) mass is 724 g/mol. The maximum Gasteiger partial charge on any atom is 0.350 e. The molecule has 2 atom stereocenters. The molecule has 13 nitrogen and oxygen atoms in total. The van der Waals surface area contributed by atoms with E-state index in [4.69, 9.17) is 19.5 Å². The number of imidazole rings is 1. The van der Waals surface area contributed by atoms with Gasteiger partial charge in [0.2, 0.25) is 0 Å². The van der Waals surface area contributed by atoms with E-state index in [2.05, 4.69) is 25.3 Å². The molecule has 1 aliphatic rings. The first-order chi connectivity index (χ1) is 23.6. The van der Waals surface area contributed by atoms with E-state index in [1.165, 1.54) is 26.0 Å². The zero-order valence-electron chi connectivity index (χ0n) is 28.3. The molecule has 0 unspecified atom stereocenters. The number of nitrogens with zero attached hydrogens (tertiary/aromatic N) is 6. The second-order valence-corrected chi connectivity index (χ2v) is 14.7. The number of rotatable bonds is 14. The average Bonchev–Trinajstić information content (AvgIpc) is 3.46. The van der Waals surface area contributed by atoms with Gasteiger partial charge in [0.15, 0.2) is 23.0 Å². The minimum Gasteiger partial charge on any atom is -0.494 e. The fourth-order valence-electron chi connectivity index (χ4n) is 5.96. The maximum atomic E-state index is 15.2. The van der Waals surface area contributed by atoms with Crippen LogP contribution in [0, 0.1) is 11.6 Å². The highest BCUT2D eigenvalue weighted by Gasteiger charge is 2.43. The topological polar surface area (TPSA) is 163 Å². The summed E-state index contributed by atoms with van der Waals surface area (Å²) in [6, 6.07) is 3.46. The Morgan fingerprint density at radius 3 is 2.44 bits per heavy atom. The number of aliphatic hydroxyl groups is 1. The Bertz CT molecular complexity index is 1850. The van der Waals surface area contributed by atoms with Crippen molar-refractivity contribution in [1.82, 2.24) is 24.5 Å². The number of alkyl halides is 2. The van der Waals surface area contributed by atoms with E-state index in [9.17, 15) is 22.8 Å². The first-order valence-corrected chi connectivity index (χ1v) is 17.7. The summed E-state index contributed by atoms with van der Waals surface area (Å²) < 4.78 is 88.3. The van der Waals surface area contributed by atoms with Gasteiger partial charge < -0.3 is 39.4 Å². The lowest BCUT2D eigenvalue weighted by Gasteiger charge is -2.44. The smallest absolute Gasteiger partial charge is 0.350 e. The van der Waals surface area contributed by atoms with Crippen molar-refractivity contribution in [2.45, 2.75) is 77.4 Å². The number of halogens is 4. The number of ether oxygens (including phenoxy) is 1. The molecule has 4 aromatic rings. The maximum absolute atomic E-state index is 15.2. The van der Waals surface area contributed by atoms with Crippen LogP contribution in [-0.2, 0) is 20.2 Å². The van der Waals surface area contributed by atoms with Crippen LogP contribution in [0.25, 0.3) is 22.4 Å². The summed E-state index contributed by atoms with van der Waals surface area (Å²) in [5.41, 5.74) is 6.40. The second-order valence-electron chi connectivity index (χ2n) is 12.7. The highest BCUT2D eigenvalue weighted by atomic mass is 31.2. The van der Waals surface area contributed by atoms with Crippen LogP contribution in [0.3, 0.4) is 0 Å². The van der Waals surface area contributed by atoms with Gasteiger partial charge in [-0.1, -0.05) is 0 Å². The highest BCUT2D eigenvalue weighted by molar-refractivity contribution is 7.54. The van der Waals surface area contributed by atoms with Crippen molar-refractivity contribution in [2.75, 3.05) is 36.7 Å². The Kier molecular flexibility index (Phi) is 11.3. The lowest BCUT2D eigenvalue weighted by Crippen LogP contribution is -2.63. The van der Waals surface area contributed by atoms with Gasteiger partial charge in [0.25, 0.3) is 6.43 Å². The number of hydrogen-bond donors (Lipinski definition) is 3. The zero-order chi connectivity index (χ0) is 36.4. The van der Waals surface area contributed by atoms with E-state index < -0.39 is 37.3 Å². The van der Waals surface area contributed by atoms with Crippen LogP contribution < -0.4 is 20.7 Å². The normalized spacial score (nSPS) is 17.7. The van der Waals surface area contributed by atoms with Gasteiger partial charge >= 0.3 is 7.60 Å². The summed E-state index contributed by atoms with van der Waals surface area (Å²) >= 11 is 0. The first-order valence-electron chi connectivity index (χ1n) is 16.0. The van der Waals surface area contributed by atoms with Crippen LogP contribution in [0.5, 0.6) is 5.75 Å². The van der Waals surface area contributed by atoms with Crippen LogP contribution in [0.2, 0.25) is 0 Å². The number of benzene rings is 1. The predicted octanol–water partition coefficient (Wildman–Crippen LogP) is 5.56. The van der Waals surface area contributed by atoms with Gasteiger partial charge in [-0.2, -0.15) is 0 Å². The van der Waals surface area contributed by atoms with E-state index in [1.807, 2.05) is 0 Å². The largest absolute Gasteiger partial charge is 0.494 e. The molecule has 50 heavy (non-hydrogen) atoms. The molecule has 0 radical (unpaired) electrons. The van der Waals surface area contributed by atoms with E-state index in [0.717, 1.165) is 12.1 Å². The number of pyridine rings is 1. The zero-order valence-corrected chi connectivity index (χ0v) is 29.2. The third-order valence-corrected chi connectivity index (χ3v) is 10.2.